The van der Waals surface area contributed by atoms with Gasteiger partial charge in [0.25, 0.3) is 0 Å². The van der Waals surface area contributed by atoms with Crippen molar-refractivity contribution in [3.05, 3.63) is 77.1 Å². The molecule has 0 bridgehead atoms. The lowest BCUT2D eigenvalue weighted by Crippen LogP contribution is -2.57. The van der Waals surface area contributed by atoms with Crippen LogP contribution in [0.15, 0.2) is 54.6 Å². The van der Waals surface area contributed by atoms with Crippen molar-refractivity contribution in [3.8, 4) is 0 Å². The van der Waals surface area contributed by atoms with Gasteiger partial charge in [-0.05, 0) is 50.1 Å². The van der Waals surface area contributed by atoms with Gasteiger partial charge in [-0.2, -0.15) is 0 Å². The number of carbonyl (C=O) groups is 1. The SMILES string of the molecule is Cc1ccc(/C=C/C(=O)N2C[C@H](C)N(Cc3ccc(F)cc3)C[C@H]2C)cc1. The number of nitrogens with zero attached hydrogens (tertiary/aromatic N) is 2. The zero-order chi connectivity index (χ0) is 19.4. The molecule has 1 fully saturated rings. The summed E-state index contributed by atoms with van der Waals surface area (Å²) in [5.41, 5.74) is 3.33. The lowest BCUT2D eigenvalue weighted by molar-refractivity contribution is -0.131. The number of benzene rings is 2. The molecule has 0 spiro atoms. The topological polar surface area (TPSA) is 23.6 Å². The molecule has 27 heavy (non-hydrogen) atoms. The maximum Gasteiger partial charge on any atom is 0.246 e. The third-order valence-corrected chi connectivity index (χ3v) is 5.19. The summed E-state index contributed by atoms with van der Waals surface area (Å²) in [6.07, 6.45) is 3.55. The molecular weight excluding hydrogens is 339 g/mol. The fourth-order valence-electron chi connectivity index (χ4n) is 3.49. The summed E-state index contributed by atoms with van der Waals surface area (Å²) in [6, 6.07) is 15.2. The first-order valence-corrected chi connectivity index (χ1v) is 9.46. The third kappa shape index (κ3) is 5.04. The predicted molar refractivity (Wildman–Crippen MR) is 108 cm³/mol. The lowest BCUT2D eigenvalue weighted by Gasteiger charge is -2.44. The van der Waals surface area contributed by atoms with E-state index in [1.54, 1.807) is 6.08 Å². The number of hydrogen-bond donors (Lipinski definition) is 0. The summed E-state index contributed by atoms with van der Waals surface area (Å²) in [7, 11) is 0. The summed E-state index contributed by atoms with van der Waals surface area (Å²) in [5, 5.41) is 0. The fraction of sp³-hybridized carbons (Fsp3) is 0.348. The van der Waals surface area contributed by atoms with Gasteiger partial charge >= 0.3 is 0 Å². The Labute approximate surface area is 161 Å². The summed E-state index contributed by atoms with van der Waals surface area (Å²) >= 11 is 0. The maximum absolute atomic E-state index is 13.1. The standard InChI is InChI=1S/C23H27FN2O/c1-17-4-6-20(7-5-17)10-13-23(27)26-15-18(2)25(14-19(26)3)16-21-8-11-22(24)12-9-21/h4-13,18-19H,14-16H2,1-3H3/b13-10+/t18-,19+/m0/s1. The Bertz CT molecular complexity index is 798. The Kier molecular flexibility index (Phi) is 6.07. The summed E-state index contributed by atoms with van der Waals surface area (Å²) in [6.45, 7) is 8.54. The van der Waals surface area contributed by atoms with Crippen molar-refractivity contribution in [2.24, 2.45) is 0 Å². The van der Waals surface area contributed by atoms with Crippen LogP contribution in [0.3, 0.4) is 0 Å². The molecule has 1 amide bonds. The summed E-state index contributed by atoms with van der Waals surface area (Å²) in [5.74, 6) is -0.160. The second-order valence-electron chi connectivity index (χ2n) is 7.49. The van der Waals surface area contributed by atoms with E-state index < -0.39 is 0 Å². The Morgan fingerprint density at radius 1 is 1.04 bits per heavy atom. The fourth-order valence-corrected chi connectivity index (χ4v) is 3.49. The molecule has 0 unspecified atom stereocenters. The first kappa shape index (κ1) is 19.3. The van der Waals surface area contributed by atoms with Gasteiger partial charge < -0.3 is 4.90 Å². The van der Waals surface area contributed by atoms with Gasteiger partial charge in [-0.1, -0.05) is 42.0 Å². The molecule has 1 aliphatic heterocycles. The van der Waals surface area contributed by atoms with Crippen molar-refractivity contribution in [3.63, 3.8) is 0 Å². The molecule has 1 saturated heterocycles. The van der Waals surface area contributed by atoms with Gasteiger partial charge in [-0.25, -0.2) is 4.39 Å². The Hall–Kier alpha value is -2.46. The van der Waals surface area contributed by atoms with Crippen LogP contribution >= 0.6 is 0 Å². The van der Waals surface area contributed by atoms with Crippen molar-refractivity contribution >= 4 is 12.0 Å². The van der Waals surface area contributed by atoms with Crippen LogP contribution in [0, 0.1) is 12.7 Å². The van der Waals surface area contributed by atoms with Crippen LogP contribution in [0.25, 0.3) is 6.08 Å². The molecule has 142 valence electrons. The van der Waals surface area contributed by atoms with Crippen LogP contribution in [-0.4, -0.2) is 40.9 Å². The monoisotopic (exact) mass is 366 g/mol. The van der Waals surface area contributed by atoms with Crippen LogP contribution in [0.1, 0.15) is 30.5 Å². The third-order valence-electron chi connectivity index (χ3n) is 5.19. The number of halogens is 1. The van der Waals surface area contributed by atoms with E-state index in [2.05, 4.69) is 18.7 Å². The van der Waals surface area contributed by atoms with E-state index in [-0.39, 0.29) is 23.8 Å². The number of hydrogen-bond acceptors (Lipinski definition) is 2. The molecule has 0 radical (unpaired) electrons. The predicted octanol–water partition coefficient (Wildman–Crippen LogP) is 4.27. The highest BCUT2D eigenvalue weighted by Crippen LogP contribution is 2.19. The van der Waals surface area contributed by atoms with E-state index in [4.69, 9.17) is 0 Å². The molecule has 0 aromatic heterocycles. The zero-order valence-electron chi connectivity index (χ0n) is 16.2. The Morgan fingerprint density at radius 2 is 1.70 bits per heavy atom. The number of piperazine rings is 1. The first-order chi connectivity index (χ1) is 12.9. The number of aryl methyl sites for hydroxylation is 1. The van der Waals surface area contributed by atoms with Gasteiger partial charge in [0.15, 0.2) is 0 Å². The smallest absolute Gasteiger partial charge is 0.246 e. The molecule has 3 rings (SSSR count). The average Bonchev–Trinajstić information content (AvgIpc) is 2.65. The normalized spacial score (nSPS) is 21.0. The summed E-state index contributed by atoms with van der Waals surface area (Å²) < 4.78 is 13.1. The van der Waals surface area contributed by atoms with E-state index in [0.717, 1.165) is 24.2 Å². The van der Waals surface area contributed by atoms with Crippen LogP contribution in [0.5, 0.6) is 0 Å². The molecule has 2 aromatic rings. The van der Waals surface area contributed by atoms with Crippen molar-refractivity contribution in [1.29, 1.82) is 0 Å². The van der Waals surface area contributed by atoms with Crippen molar-refractivity contribution in [1.82, 2.24) is 9.80 Å². The molecule has 3 nitrogen and oxygen atoms in total. The lowest BCUT2D eigenvalue weighted by atomic mass is 10.1. The number of rotatable bonds is 4. The maximum atomic E-state index is 13.1. The van der Waals surface area contributed by atoms with Crippen LogP contribution in [0.4, 0.5) is 4.39 Å². The molecule has 2 aromatic carbocycles. The summed E-state index contributed by atoms with van der Waals surface area (Å²) in [4.78, 5) is 17.0. The van der Waals surface area contributed by atoms with E-state index >= 15 is 0 Å². The Balaban J connectivity index is 1.61. The number of amides is 1. The second kappa shape index (κ2) is 8.49. The first-order valence-electron chi connectivity index (χ1n) is 9.46. The van der Waals surface area contributed by atoms with Crippen LogP contribution in [-0.2, 0) is 11.3 Å². The number of carbonyl (C=O) groups excluding carboxylic acids is 1. The van der Waals surface area contributed by atoms with Crippen molar-refractivity contribution in [2.45, 2.75) is 39.4 Å². The van der Waals surface area contributed by atoms with Gasteiger partial charge in [0.2, 0.25) is 5.91 Å². The van der Waals surface area contributed by atoms with E-state index in [1.807, 2.05) is 54.3 Å². The highest BCUT2D eigenvalue weighted by atomic mass is 19.1. The molecule has 1 heterocycles. The van der Waals surface area contributed by atoms with Gasteiger partial charge in [0.05, 0.1) is 0 Å². The average molecular weight is 366 g/mol. The minimum absolute atomic E-state index is 0.0522. The molecule has 0 N–H and O–H groups in total. The van der Waals surface area contributed by atoms with Crippen molar-refractivity contribution < 1.29 is 9.18 Å². The molecule has 1 aliphatic rings. The molecule has 0 saturated carbocycles. The van der Waals surface area contributed by atoms with E-state index in [0.29, 0.717) is 6.54 Å². The van der Waals surface area contributed by atoms with Crippen molar-refractivity contribution in [2.75, 3.05) is 13.1 Å². The van der Waals surface area contributed by atoms with Gasteiger partial charge in [-0.15, -0.1) is 0 Å². The Morgan fingerprint density at radius 3 is 2.37 bits per heavy atom. The quantitative estimate of drug-likeness (QED) is 0.755. The van der Waals surface area contributed by atoms with Gasteiger partial charge in [0, 0.05) is 37.8 Å². The van der Waals surface area contributed by atoms with Crippen LogP contribution < -0.4 is 0 Å². The molecule has 4 heteroatoms. The second-order valence-corrected chi connectivity index (χ2v) is 7.49. The minimum atomic E-state index is -0.212. The minimum Gasteiger partial charge on any atom is -0.334 e. The van der Waals surface area contributed by atoms with Crippen LogP contribution in [0.2, 0.25) is 0 Å². The molecular formula is C23H27FN2O. The van der Waals surface area contributed by atoms with E-state index in [9.17, 15) is 9.18 Å². The van der Waals surface area contributed by atoms with Gasteiger partial charge in [-0.3, -0.25) is 9.69 Å². The highest BCUT2D eigenvalue weighted by Gasteiger charge is 2.30. The highest BCUT2D eigenvalue weighted by molar-refractivity contribution is 5.92. The largest absolute Gasteiger partial charge is 0.334 e. The molecule has 0 aliphatic carbocycles. The zero-order valence-corrected chi connectivity index (χ0v) is 16.2. The molecule has 2 atom stereocenters. The van der Waals surface area contributed by atoms with E-state index in [1.165, 1.54) is 17.7 Å². The van der Waals surface area contributed by atoms with Gasteiger partial charge in [0.1, 0.15) is 5.82 Å².